The van der Waals surface area contributed by atoms with Crippen molar-refractivity contribution in [1.82, 2.24) is 5.32 Å². The van der Waals surface area contributed by atoms with Gasteiger partial charge >= 0.3 is 0 Å². The highest BCUT2D eigenvalue weighted by Crippen LogP contribution is 2.31. The fourth-order valence-electron chi connectivity index (χ4n) is 2.56. The third-order valence-corrected chi connectivity index (χ3v) is 4.58. The lowest BCUT2D eigenvalue weighted by atomic mass is 9.97. The van der Waals surface area contributed by atoms with E-state index in [1.54, 1.807) is 11.3 Å². The van der Waals surface area contributed by atoms with Crippen molar-refractivity contribution in [1.29, 1.82) is 0 Å². The summed E-state index contributed by atoms with van der Waals surface area (Å²) in [5.74, 6) is 0.281. The number of hydrogen-bond donors (Lipinski definition) is 2. The molecule has 0 saturated carbocycles. The van der Waals surface area contributed by atoms with Crippen LogP contribution >= 0.6 is 23.7 Å². The van der Waals surface area contributed by atoms with E-state index in [1.807, 2.05) is 24.3 Å². The highest BCUT2D eigenvalue weighted by Gasteiger charge is 2.21. The molecule has 1 fully saturated rings. The van der Waals surface area contributed by atoms with Gasteiger partial charge in [0.2, 0.25) is 5.91 Å². The molecule has 2 N–H and O–H groups in total. The molecule has 21 heavy (non-hydrogen) atoms. The summed E-state index contributed by atoms with van der Waals surface area (Å²) < 4.78 is 0. The van der Waals surface area contributed by atoms with Gasteiger partial charge in [-0.05, 0) is 43.4 Å². The number of amides is 1. The quantitative estimate of drug-likeness (QED) is 0.903. The van der Waals surface area contributed by atoms with Gasteiger partial charge in [0.1, 0.15) is 0 Å². The predicted molar refractivity (Wildman–Crippen MR) is 91.2 cm³/mol. The largest absolute Gasteiger partial charge is 0.325 e. The zero-order chi connectivity index (χ0) is 13.8. The zero-order valence-electron chi connectivity index (χ0n) is 11.7. The van der Waals surface area contributed by atoms with Crippen molar-refractivity contribution in [3.63, 3.8) is 0 Å². The second kappa shape index (κ2) is 7.59. The molecule has 0 spiro atoms. The number of nitrogens with one attached hydrogen (secondary N) is 2. The predicted octanol–water partition coefficient (Wildman–Crippen LogP) is 3.78. The third kappa shape index (κ3) is 3.84. The molecule has 1 aromatic carbocycles. The molecular weight excluding hydrogens is 304 g/mol. The van der Waals surface area contributed by atoms with Crippen LogP contribution in [0.3, 0.4) is 0 Å². The maximum Gasteiger partial charge on any atom is 0.227 e. The van der Waals surface area contributed by atoms with Crippen molar-refractivity contribution in [3.05, 3.63) is 41.8 Å². The van der Waals surface area contributed by atoms with Gasteiger partial charge in [-0.15, -0.1) is 23.7 Å². The molecule has 1 amide bonds. The molecule has 2 aromatic rings. The lowest BCUT2D eigenvalue weighted by molar-refractivity contribution is -0.120. The Morgan fingerprint density at radius 1 is 1.14 bits per heavy atom. The number of carbonyl (C=O) groups excluding carboxylic acids is 1. The Hall–Kier alpha value is -1.36. The first-order valence-corrected chi connectivity index (χ1v) is 7.87. The maximum atomic E-state index is 12.4. The van der Waals surface area contributed by atoms with Crippen molar-refractivity contribution in [2.45, 2.75) is 12.8 Å². The highest BCUT2D eigenvalue weighted by molar-refractivity contribution is 7.13. The Balaban J connectivity index is 0.00000161. The number of halogens is 1. The number of benzene rings is 1. The summed E-state index contributed by atoms with van der Waals surface area (Å²) in [6.45, 7) is 1.87. The minimum atomic E-state index is 0. The van der Waals surface area contributed by atoms with Gasteiger partial charge in [0.15, 0.2) is 0 Å². The summed E-state index contributed by atoms with van der Waals surface area (Å²) in [6.07, 6.45) is 1.85. The molecule has 3 rings (SSSR count). The number of anilines is 1. The second-order valence-electron chi connectivity index (χ2n) is 5.04. The van der Waals surface area contributed by atoms with E-state index < -0.39 is 0 Å². The van der Waals surface area contributed by atoms with Crippen LogP contribution in [-0.4, -0.2) is 19.0 Å². The standard InChI is InChI=1S/C16H18N2OS.ClH/c19-16(12-7-9-17-10-8-12)18-14-5-2-1-4-13(14)15-6-3-11-20-15;/h1-6,11-12,17H,7-10H2,(H,18,19);1H. The van der Waals surface area contributed by atoms with Gasteiger partial charge in [0.25, 0.3) is 0 Å². The normalized spacial score (nSPS) is 15.2. The van der Waals surface area contributed by atoms with E-state index in [2.05, 4.69) is 28.1 Å². The van der Waals surface area contributed by atoms with Crippen LogP contribution in [-0.2, 0) is 4.79 Å². The van der Waals surface area contributed by atoms with Gasteiger partial charge in [0, 0.05) is 22.0 Å². The van der Waals surface area contributed by atoms with Gasteiger partial charge in [0.05, 0.1) is 0 Å². The Labute approximate surface area is 135 Å². The summed E-state index contributed by atoms with van der Waals surface area (Å²) in [5, 5.41) is 8.45. The first-order chi connectivity index (χ1) is 9.84. The Bertz CT molecular complexity index is 580. The molecule has 5 heteroatoms. The highest BCUT2D eigenvalue weighted by atomic mass is 35.5. The summed E-state index contributed by atoms with van der Waals surface area (Å²) >= 11 is 1.69. The van der Waals surface area contributed by atoms with Gasteiger partial charge in [-0.2, -0.15) is 0 Å². The minimum absolute atomic E-state index is 0. The summed E-state index contributed by atoms with van der Waals surface area (Å²) in [4.78, 5) is 13.5. The number of piperidine rings is 1. The Kier molecular flexibility index (Phi) is 5.79. The number of hydrogen-bond acceptors (Lipinski definition) is 3. The van der Waals surface area contributed by atoms with E-state index in [0.29, 0.717) is 0 Å². The van der Waals surface area contributed by atoms with E-state index in [-0.39, 0.29) is 24.2 Å². The first-order valence-electron chi connectivity index (χ1n) is 6.99. The number of carbonyl (C=O) groups is 1. The maximum absolute atomic E-state index is 12.4. The van der Waals surface area contributed by atoms with Crippen molar-refractivity contribution in [3.8, 4) is 10.4 Å². The van der Waals surface area contributed by atoms with E-state index >= 15 is 0 Å². The smallest absolute Gasteiger partial charge is 0.227 e. The molecule has 0 aliphatic carbocycles. The average Bonchev–Trinajstić information content (AvgIpc) is 3.03. The second-order valence-corrected chi connectivity index (χ2v) is 5.98. The lowest BCUT2D eigenvalue weighted by Crippen LogP contribution is -2.34. The molecule has 0 bridgehead atoms. The number of para-hydroxylation sites is 1. The van der Waals surface area contributed by atoms with E-state index in [0.717, 1.165) is 37.2 Å². The topological polar surface area (TPSA) is 41.1 Å². The van der Waals surface area contributed by atoms with Crippen molar-refractivity contribution < 1.29 is 4.79 Å². The van der Waals surface area contributed by atoms with Crippen molar-refractivity contribution in [2.75, 3.05) is 18.4 Å². The molecule has 1 aliphatic rings. The fraction of sp³-hybridized carbons (Fsp3) is 0.312. The van der Waals surface area contributed by atoms with Crippen LogP contribution in [0.1, 0.15) is 12.8 Å². The van der Waals surface area contributed by atoms with E-state index in [4.69, 9.17) is 0 Å². The van der Waals surface area contributed by atoms with Crippen LogP contribution in [0.2, 0.25) is 0 Å². The number of thiophene rings is 1. The fourth-order valence-corrected chi connectivity index (χ4v) is 3.32. The SMILES string of the molecule is Cl.O=C(Nc1ccccc1-c1cccs1)C1CCNCC1. The molecule has 0 atom stereocenters. The van der Waals surface area contributed by atoms with Crippen molar-refractivity contribution in [2.24, 2.45) is 5.92 Å². The lowest BCUT2D eigenvalue weighted by Gasteiger charge is -2.22. The van der Waals surface area contributed by atoms with E-state index in [1.165, 1.54) is 4.88 Å². The van der Waals surface area contributed by atoms with Crippen molar-refractivity contribution >= 4 is 35.3 Å². The summed E-state index contributed by atoms with van der Waals surface area (Å²) in [6, 6.07) is 12.1. The molecule has 112 valence electrons. The average molecular weight is 323 g/mol. The molecule has 1 saturated heterocycles. The molecule has 1 aliphatic heterocycles. The zero-order valence-corrected chi connectivity index (χ0v) is 13.3. The van der Waals surface area contributed by atoms with Crippen LogP contribution in [0.4, 0.5) is 5.69 Å². The molecule has 2 heterocycles. The molecule has 0 radical (unpaired) electrons. The third-order valence-electron chi connectivity index (χ3n) is 3.68. The van der Waals surface area contributed by atoms with Gasteiger partial charge in [-0.1, -0.05) is 24.3 Å². The van der Waals surface area contributed by atoms with E-state index in [9.17, 15) is 4.79 Å². The minimum Gasteiger partial charge on any atom is -0.325 e. The molecule has 3 nitrogen and oxygen atoms in total. The van der Waals surface area contributed by atoms with Crippen LogP contribution in [0.25, 0.3) is 10.4 Å². The molecule has 0 unspecified atom stereocenters. The molecule has 1 aromatic heterocycles. The van der Waals surface area contributed by atoms with Crippen LogP contribution in [0.15, 0.2) is 41.8 Å². The Morgan fingerprint density at radius 2 is 1.90 bits per heavy atom. The van der Waals surface area contributed by atoms with Crippen LogP contribution < -0.4 is 10.6 Å². The van der Waals surface area contributed by atoms with Gasteiger partial charge in [-0.3, -0.25) is 4.79 Å². The summed E-state index contributed by atoms with van der Waals surface area (Å²) in [7, 11) is 0. The summed E-state index contributed by atoms with van der Waals surface area (Å²) in [5.41, 5.74) is 2.02. The first kappa shape index (κ1) is 16.0. The number of rotatable bonds is 3. The van der Waals surface area contributed by atoms with Gasteiger partial charge < -0.3 is 10.6 Å². The van der Waals surface area contributed by atoms with Gasteiger partial charge in [-0.25, -0.2) is 0 Å². The monoisotopic (exact) mass is 322 g/mol. The van der Waals surface area contributed by atoms with Crippen LogP contribution in [0.5, 0.6) is 0 Å². The Morgan fingerprint density at radius 3 is 2.62 bits per heavy atom. The molecular formula is C16H19ClN2OS. The van der Waals surface area contributed by atoms with Crippen LogP contribution in [0, 0.1) is 5.92 Å².